The van der Waals surface area contributed by atoms with Gasteiger partial charge in [0.2, 0.25) is 0 Å². The number of hydrogen-bond donors (Lipinski definition) is 3. The van der Waals surface area contributed by atoms with Crippen LogP contribution in [0.25, 0.3) is 5.65 Å². The molecule has 1 aromatic carbocycles. The number of carbonyl (C=O) groups is 4. The zero-order chi connectivity index (χ0) is 33.5. The van der Waals surface area contributed by atoms with E-state index in [9.17, 15) is 29.4 Å². The van der Waals surface area contributed by atoms with Crippen molar-refractivity contribution in [3.8, 4) is 11.5 Å². The van der Waals surface area contributed by atoms with Gasteiger partial charge in [-0.05, 0) is 36.8 Å². The summed E-state index contributed by atoms with van der Waals surface area (Å²) < 4.78 is 12.8. The van der Waals surface area contributed by atoms with Crippen LogP contribution in [-0.4, -0.2) is 72.8 Å². The van der Waals surface area contributed by atoms with Crippen LogP contribution in [0.3, 0.4) is 0 Å². The minimum atomic E-state index is -2.42. The molecule has 2 aromatic heterocycles. The predicted molar refractivity (Wildman–Crippen MR) is 163 cm³/mol. The third-order valence-corrected chi connectivity index (χ3v) is 9.34. The van der Waals surface area contributed by atoms with Gasteiger partial charge in [-0.3, -0.25) is 14.4 Å². The number of methoxy groups -OCH3 is 1. The number of aromatic nitrogens is 3. The molecule has 45 heavy (non-hydrogen) atoms. The third kappa shape index (κ3) is 4.42. The van der Waals surface area contributed by atoms with Crippen molar-refractivity contribution in [2.45, 2.75) is 72.8 Å². The molecule has 240 valence electrons. The quantitative estimate of drug-likeness (QED) is 0.341. The number of carbonyl (C=O) groups excluding carboxylic acids is 2. The molecule has 3 N–H and O–H groups in total. The second-order valence-electron chi connectivity index (χ2n) is 14.4. The minimum Gasteiger partial charge on any atom is -0.494 e. The van der Waals surface area contributed by atoms with Crippen molar-refractivity contribution < 1.29 is 38.9 Å². The number of anilines is 1. The lowest BCUT2D eigenvalue weighted by molar-refractivity contribution is -0.166. The molecule has 0 saturated carbocycles. The van der Waals surface area contributed by atoms with Gasteiger partial charge < -0.3 is 25.0 Å². The van der Waals surface area contributed by atoms with E-state index >= 15 is 0 Å². The van der Waals surface area contributed by atoms with Gasteiger partial charge in [-0.15, -0.1) is 0 Å². The third-order valence-electron chi connectivity index (χ3n) is 9.34. The molecule has 0 spiro atoms. The largest absolute Gasteiger partial charge is 0.494 e. The van der Waals surface area contributed by atoms with Gasteiger partial charge in [0.05, 0.1) is 24.7 Å². The lowest BCUT2D eigenvalue weighted by atomic mass is 9.43. The van der Waals surface area contributed by atoms with Gasteiger partial charge in [0.1, 0.15) is 22.7 Å². The molecule has 1 unspecified atom stereocenters. The molecule has 13 nitrogen and oxygen atoms in total. The Kier molecular flexibility index (Phi) is 6.99. The van der Waals surface area contributed by atoms with E-state index in [0.717, 1.165) is 5.56 Å². The van der Waals surface area contributed by atoms with Gasteiger partial charge in [-0.2, -0.15) is 5.10 Å². The summed E-state index contributed by atoms with van der Waals surface area (Å²) in [6, 6.07) is 4.85. The van der Waals surface area contributed by atoms with Gasteiger partial charge in [0.15, 0.2) is 11.1 Å². The summed E-state index contributed by atoms with van der Waals surface area (Å²) in [7, 11) is 1.47. The first-order valence-corrected chi connectivity index (χ1v) is 14.6. The number of likely N-dealkylation sites (tertiary alicyclic amines) is 1. The van der Waals surface area contributed by atoms with Crippen LogP contribution >= 0.6 is 0 Å². The Morgan fingerprint density at radius 3 is 2.27 bits per heavy atom. The SMILES string of the molecule is COc1cc2c(cc1NC(=O)c1cnn3ccc(C4(C(=O)O)C(=O)N(C(=O)O)CC4(C(C)(C)C)C(C)(C)C)nc13)CC(C)(C)O2. The van der Waals surface area contributed by atoms with Crippen LogP contribution in [0, 0.1) is 16.2 Å². The van der Waals surface area contributed by atoms with Crippen molar-refractivity contribution in [2.24, 2.45) is 16.2 Å². The molecule has 0 bridgehead atoms. The van der Waals surface area contributed by atoms with E-state index < -0.39 is 51.1 Å². The number of aliphatic carboxylic acids is 1. The number of hydrogen-bond acceptors (Lipinski definition) is 8. The Morgan fingerprint density at radius 2 is 1.71 bits per heavy atom. The molecule has 0 radical (unpaired) electrons. The highest BCUT2D eigenvalue weighted by molar-refractivity contribution is 6.15. The zero-order valence-electron chi connectivity index (χ0n) is 26.9. The molecule has 3 aromatic rings. The lowest BCUT2D eigenvalue weighted by Gasteiger charge is -2.56. The van der Waals surface area contributed by atoms with Crippen molar-refractivity contribution >= 4 is 35.2 Å². The lowest BCUT2D eigenvalue weighted by Crippen LogP contribution is -2.64. The summed E-state index contributed by atoms with van der Waals surface area (Å²) >= 11 is 0. The van der Waals surface area contributed by atoms with Crippen LogP contribution < -0.4 is 14.8 Å². The van der Waals surface area contributed by atoms with Gasteiger partial charge in [-0.1, -0.05) is 41.5 Å². The van der Waals surface area contributed by atoms with Crippen molar-refractivity contribution in [1.29, 1.82) is 0 Å². The molecule has 1 saturated heterocycles. The number of nitrogens with zero attached hydrogens (tertiary/aromatic N) is 4. The highest BCUT2D eigenvalue weighted by Gasteiger charge is 2.78. The fraction of sp³-hybridized carbons (Fsp3) is 0.500. The molecule has 2 aliphatic rings. The Balaban J connectivity index is 1.68. The molecule has 1 fully saturated rings. The molecule has 1 atom stereocenters. The number of carboxylic acids is 1. The zero-order valence-corrected chi connectivity index (χ0v) is 26.9. The standard InChI is InChI=1S/C32H39N5O8/c1-28(2,3)31(29(4,5)6)16-36(27(42)43)25(39)32(31,26(40)41)22-10-11-37-23(35-22)18(15-33-37)24(38)34-19-12-17-14-30(7,8)45-20(17)13-21(19)44-9/h10-13,15H,14,16H2,1-9H3,(H,34,38)(H,40,41)(H,42,43). The molecule has 13 heteroatoms. The molecule has 2 aliphatic heterocycles. The number of fused-ring (bicyclic) bond motifs is 2. The van der Waals surface area contributed by atoms with Crippen molar-refractivity contribution in [3.05, 3.63) is 47.4 Å². The van der Waals surface area contributed by atoms with E-state index in [1.54, 1.807) is 53.7 Å². The minimum absolute atomic E-state index is 0.00601. The normalized spacial score (nSPS) is 20.6. The number of nitrogens with one attached hydrogen (secondary N) is 1. The highest BCUT2D eigenvalue weighted by atomic mass is 16.5. The molecular weight excluding hydrogens is 582 g/mol. The fourth-order valence-corrected chi connectivity index (χ4v) is 7.73. The van der Waals surface area contributed by atoms with Crippen LogP contribution in [0.4, 0.5) is 10.5 Å². The Morgan fingerprint density at radius 1 is 1.07 bits per heavy atom. The number of benzene rings is 1. The van der Waals surface area contributed by atoms with Crippen LogP contribution in [-0.2, 0) is 21.4 Å². The van der Waals surface area contributed by atoms with Gasteiger partial charge in [0.25, 0.3) is 11.8 Å². The second kappa shape index (κ2) is 9.91. The first-order valence-electron chi connectivity index (χ1n) is 14.6. The second-order valence-corrected chi connectivity index (χ2v) is 14.4. The average molecular weight is 622 g/mol. The number of rotatable bonds is 5. The number of amides is 3. The Bertz CT molecular complexity index is 1750. The summed E-state index contributed by atoms with van der Waals surface area (Å²) in [5.74, 6) is -2.20. The van der Waals surface area contributed by atoms with E-state index in [1.165, 1.54) is 30.1 Å². The molecule has 4 heterocycles. The maximum Gasteiger partial charge on any atom is 0.414 e. The van der Waals surface area contributed by atoms with E-state index in [0.29, 0.717) is 28.5 Å². The van der Waals surface area contributed by atoms with Crippen LogP contribution in [0.2, 0.25) is 0 Å². The Labute approximate surface area is 260 Å². The summed E-state index contributed by atoms with van der Waals surface area (Å²) in [5.41, 5.74) is -5.05. The van der Waals surface area contributed by atoms with Crippen molar-refractivity contribution in [1.82, 2.24) is 19.5 Å². The average Bonchev–Trinajstić information content (AvgIpc) is 3.55. The summed E-state index contributed by atoms with van der Waals surface area (Å²) in [4.78, 5) is 59.0. The number of carboxylic acid groups (broad SMARTS) is 2. The van der Waals surface area contributed by atoms with Gasteiger partial charge in [-0.25, -0.2) is 19.2 Å². The van der Waals surface area contributed by atoms with Gasteiger partial charge >= 0.3 is 12.1 Å². The maximum absolute atomic E-state index is 14.2. The molecule has 0 aliphatic carbocycles. The predicted octanol–water partition coefficient (Wildman–Crippen LogP) is 4.62. The van der Waals surface area contributed by atoms with E-state index in [-0.39, 0.29) is 23.4 Å². The Hall–Kier alpha value is -4.68. The van der Waals surface area contributed by atoms with Crippen LogP contribution in [0.5, 0.6) is 11.5 Å². The number of ether oxygens (including phenoxy) is 2. The smallest absolute Gasteiger partial charge is 0.414 e. The van der Waals surface area contributed by atoms with Crippen molar-refractivity contribution in [3.63, 3.8) is 0 Å². The summed E-state index contributed by atoms with van der Waals surface area (Å²) in [6.07, 6.45) is 1.78. The van der Waals surface area contributed by atoms with E-state index in [2.05, 4.69) is 15.4 Å². The van der Waals surface area contributed by atoms with E-state index in [4.69, 9.17) is 9.47 Å². The number of imide groups is 1. The molecule has 3 amide bonds. The summed E-state index contributed by atoms with van der Waals surface area (Å²) in [5, 5.41) is 28.1. The summed E-state index contributed by atoms with van der Waals surface area (Å²) in [6.45, 7) is 14.3. The monoisotopic (exact) mass is 621 g/mol. The van der Waals surface area contributed by atoms with Crippen LogP contribution in [0.1, 0.15) is 77.0 Å². The van der Waals surface area contributed by atoms with Crippen molar-refractivity contribution in [2.75, 3.05) is 19.0 Å². The molecular formula is C32H39N5O8. The van der Waals surface area contributed by atoms with Crippen LogP contribution in [0.15, 0.2) is 30.6 Å². The topological polar surface area (TPSA) is 173 Å². The highest BCUT2D eigenvalue weighted by Crippen LogP contribution is 2.66. The fourth-order valence-electron chi connectivity index (χ4n) is 7.73. The maximum atomic E-state index is 14.2. The first-order chi connectivity index (χ1) is 20.7. The first kappa shape index (κ1) is 31.7. The van der Waals surface area contributed by atoms with E-state index in [1.807, 2.05) is 13.8 Å². The van der Waals surface area contributed by atoms with Gasteiger partial charge in [0, 0.05) is 36.2 Å². The molecule has 5 rings (SSSR count).